The van der Waals surface area contributed by atoms with E-state index in [1.165, 1.54) is 0 Å². The van der Waals surface area contributed by atoms with Crippen molar-refractivity contribution < 1.29 is 9.53 Å². The number of amides is 1. The minimum Gasteiger partial charge on any atom is -0.480 e. The van der Waals surface area contributed by atoms with Crippen LogP contribution in [-0.2, 0) is 17.9 Å². The molecular formula is C29H29N9O3. The van der Waals surface area contributed by atoms with Crippen LogP contribution >= 0.6 is 0 Å². The molecule has 0 radical (unpaired) electrons. The molecule has 0 saturated carbocycles. The minimum atomic E-state index is -0.223. The SMILES string of the molecule is CN(C)CCn1ccc2cc(Nc3ncc4c(=O)n5n(c4n3)-c3ccc4c(n3)N(CCC=CC5)C(=O)CO4)ccc21. The monoisotopic (exact) mass is 551 g/mol. The van der Waals surface area contributed by atoms with Crippen LogP contribution < -0.4 is 20.5 Å². The van der Waals surface area contributed by atoms with E-state index in [1.54, 1.807) is 32.6 Å². The molecule has 2 bridgehead atoms. The molecule has 0 unspecified atom stereocenters. The molecule has 0 fully saturated rings. The molecule has 12 heteroatoms. The first-order valence-corrected chi connectivity index (χ1v) is 13.5. The number of aromatic nitrogens is 6. The Balaban J connectivity index is 1.29. The third-order valence-corrected chi connectivity index (χ3v) is 7.40. The van der Waals surface area contributed by atoms with Gasteiger partial charge in [0, 0.05) is 48.6 Å². The first-order valence-electron chi connectivity index (χ1n) is 13.5. The average molecular weight is 552 g/mol. The van der Waals surface area contributed by atoms with Gasteiger partial charge in [-0.15, -0.1) is 0 Å². The summed E-state index contributed by atoms with van der Waals surface area (Å²) in [5.74, 6) is 1.63. The van der Waals surface area contributed by atoms with Crippen molar-refractivity contribution in [3.63, 3.8) is 0 Å². The Bertz CT molecular complexity index is 1900. The van der Waals surface area contributed by atoms with E-state index in [-0.39, 0.29) is 18.1 Å². The normalized spacial score (nSPS) is 14.8. The molecule has 0 spiro atoms. The fraction of sp³-hybridized carbons (Fsp3) is 0.276. The molecule has 1 N–H and O–H groups in total. The van der Waals surface area contributed by atoms with Crippen LogP contribution in [0.15, 0.2) is 65.7 Å². The Morgan fingerprint density at radius 1 is 1.07 bits per heavy atom. The van der Waals surface area contributed by atoms with E-state index >= 15 is 0 Å². The number of benzene rings is 1. The lowest BCUT2D eigenvalue weighted by molar-refractivity contribution is -0.121. The maximum atomic E-state index is 13.5. The number of ether oxygens (including phenoxy) is 1. The number of carbonyl (C=O) groups excluding carboxylic acids is 1. The Morgan fingerprint density at radius 3 is 2.85 bits per heavy atom. The third kappa shape index (κ3) is 4.42. The van der Waals surface area contributed by atoms with Crippen LogP contribution in [0.1, 0.15) is 6.42 Å². The summed E-state index contributed by atoms with van der Waals surface area (Å²) in [6.45, 7) is 2.63. The molecule has 12 nitrogen and oxygen atoms in total. The molecule has 0 aliphatic carbocycles. The average Bonchev–Trinajstić information content (AvgIpc) is 3.48. The zero-order valence-electron chi connectivity index (χ0n) is 22.8. The molecule has 0 saturated heterocycles. The van der Waals surface area contributed by atoms with Gasteiger partial charge in [0.05, 0.1) is 6.54 Å². The van der Waals surface area contributed by atoms with Gasteiger partial charge in [0.2, 0.25) is 5.95 Å². The van der Waals surface area contributed by atoms with Crippen molar-refractivity contribution in [2.24, 2.45) is 0 Å². The molecular weight excluding hydrogens is 522 g/mol. The Morgan fingerprint density at radius 2 is 1.98 bits per heavy atom. The molecule has 208 valence electrons. The van der Waals surface area contributed by atoms with E-state index < -0.39 is 0 Å². The number of nitrogens with zero attached hydrogens (tertiary/aromatic N) is 8. The zero-order chi connectivity index (χ0) is 28.1. The van der Waals surface area contributed by atoms with Crippen molar-refractivity contribution in [1.82, 2.24) is 33.8 Å². The van der Waals surface area contributed by atoms with Crippen LogP contribution in [0.4, 0.5) is 17.5 Å². The maximum Gasteiger partial charge on any atom is 0.278 e. The fourth-order valence-corrected chi connectivity index (χ4v) is 5.31. The Kier molecular flexibility index (Phi) is 6.04. The number of hydrogen-bond acceptors (Lipinski definition) is 8. The van der Waals surface area contributed by atoms with Crippen molar-refractivity contribution in [2.45, 2.75) is 19.5 Å². The van der Waals surface area contributed by atoms with Crippen LogP contribution in [0.2, 0.25) is 0 Å². The molecule has 2 aliphatic heterocycles. The second-order valence-corrected chi connectivity index (χ2v) is 10.4. The molecule has 5 aromatic rings. The molecule has 2 aliphatic rings. The third-order valence-electron chi connectivity index (χ3n) is 7.40. The van der Waals surface area contributed by atoms with Gasteiger partial charge in [-0.1, -0.05) is 12.2 Å². The van der Waals surface area contributed by atoms with E-state index in [1.807, 2.05) is 18.2 Å². The number of hydrogen-bond donors (Lipinski definition) is 1. The van der Waals surface area contributed by atoms with Crippen molar-refractivity contribution in [2.75, 3.05) is 44.0 Å². The van der Waals surface area contributed by atoms with Crippen LogP contribution in [-0.4, -0.2) is 73.5 Å². The largest absolute Gasteiger partial charge is 0.480 e. The zero-order valence-corrected chi connectivity index (χ0v) is 22.8. The van der Waals surface area contributed by atoms with Gasteiger partial charge in [-0.25, -0.2) is 19.3 Å². The topological polar surface area (TPSA) is 115 Å². The maximum absolute atomic E-state index is 13.5. The van der Waals surface area contributed by atoms with Crippen molar-refractivity contribution in [3.05, 3.63) is 71.3 Å². The van der Waals surface area contributed by atoms with E-state index in [4.69, 9.17) is 14.7 Å². The predicted octanol–water partition coefficient (Wildman–Crippen LogP) is 2.92. The number of allylic oxidation sites excluding steroid dienone is 1. The molecule has 1 aromatic carbocycles. The number of nitrogens with one attached hydrogen (secondary N) is 1. The lowest BCUT2D eigenvalue weighted by Crippen LogP contribution is -2.40. The summed E-state index contributed by atoms with van der Waals surface area (Å²) in [5, 5.41) is 4.78. The van der Waals surface area contributed by atoms with Crippen LogP contribution in [0.3, 0.4) is 0 Å². The first-order chi connectivity index (χ1) is 20.0. The highest BCUT2D eigenvalue weighted by atomic mass is 16.5. The number of anilines is 3. The molecule has 6 heterocycles. The molecule has 41 heavy (non-hydrogen) atoms. The number of fused-ring (bicyclic) bond motifs is 6. The van der Waals surface area contributed by atoms with Crippen molar-refractivity contribution in [3.8, 4) is 11.6 Å². The van der Waals surface area contributed by atoms with E-state index in [9.17, 15) is 9.59 Å². The lowest BCUT2D eigenvalue weighted by atomic mass is 10.2. The molecule has 4 aromatic heterocycles. The second kappa shape index (κ2) is 9.89. The van der Waals surface area contributed by atoms with Crippen LogP contribution in [0.25, 0.3) is 27.8 Å². The van der Waals surface area contributed by atoms with Gasteiger partial charge in [-0.05, 0) is 56.9 Å². The summed E-state index contributed by atoms with van der Waals surface area (Å²) >= 11 is 0. The number of carbonyl (C=O) groups is 1. The fourth-order valence-electron chi connectivity index (χ4n) is 5.31. The van der Waals surface area contributed by atoms with E-state index in [0.29, 0.717) is 53.9 Å². The standard InChI is InChI=1S/C29H29N9O3/c1-34(2)14-15-35-13-10-19-16-20(6-7-22(19)35)31-29-30-17-21-26(33-29)38-24-9-8-23-27(32-24)36(25(39)18-41-23)11-4-3-5-12-37(38)28(21)40/h3,5-10,13,16-17H,4,11-12,14-15,18H2,1-2H3,(H,30,31,33). The molecule has 7 rings (SSSR count). The van der Waals surface area contributed by atoms with Crippen LogP contribution in [0.5, 0.6) is 5.75 Å². The minimum absolute atomic E-state index is 0.0241. The smallest absolute Gasteiger partial charge is 0.278 e. The van der Waals surface area contributed by atoms with E-state index in [2.05, 4.69) is 58.3 Å². The second-order valence-electron chi connectivity index (χ2n) is 10.4. The molecule has 0 atom stereocenters. The highest BCUT2D eigenvalue weighted by Crippen LogP contribution is 2.32. The van der Waals surface area contributed by atoms with Gasteiger partial charge in [0.15, 0.2) is 29.6 Å². The van der Waals surface area contributed by atoms with Gasteiger partial charge in [0.1, 0.15) is 5.39 Å². The molecule has 1 amide bonds. The van der Waals surface area contributed by atoms with Gasteiger partial charge in [0.25, 0.3) is 11.5 Å². The summed E-state index contributed by atoms with van der Waals surface area (Å²) in [4.78, 5) is 43.9. The first kappa shape index (κ1) is 25.0. The van der Waals surface area contributed by atoms with Gasteiger partial charge >= 0.3 is 0 Å². The van der Waals surface area contributed by atoms with Gasteiger partial charge < -0.3 is 19.5 Å². The van der Waals surface area contributed by atoms with Gasteiger partial charge in [-0.2, -0.15) is 4.98 Å². The quantitative estimate of drug-likeness (QED) is 0.332. The highest BCUT2D eigenvalue weighted by Gasteiger charge is 2.28. The predicted molar refractivity (Wildman–Crippen MR) is 156 cm³/mol. The summed E-state index contributed by atoms with van der Waals surface area (Å²) in [5.41, 5.74) is 2.18. The van der Waals surface area contributed by atoms with Crippen molar-refractivity contribution >= 4 is 45.3 Å². The summed E-state index contributed by atoms with van der Waals surface area (Å²) < 4.78 is 11.1. The summed E-state index contributed by atoms with van der Waals surface area (Å²) in [7, 11) is 4.13. The number of pyridine rings is 1. The Labute approximate surface area is 235 Å². The number of rotatable bonds is 5. The summed E-state index contributed by atoms with van der Waals surface area (Å²) in [6, 6.07) is 11.8. The van der Waals surface area contributed by atoms with Crippen molar-refractivity contribution in [1.29, 1.82) is 0 Å². The van der Waals surface area contributed by atoms with E-state index in [0.717, 1.165) is 29.7 Å². The summed E-state index contributed by atoms with van der Waals surface area (Å²) in [6.07, 6.45) is 8.15. The number of likely N-dealkylation sites (N-methyl/N-ethyl adjacent to an activating group) is 1. The lowest BCUT2D eigenvalue weighted by Gasteiger charge is -2.28. The van der Waals surface area contributed by atoms with Gasteiger partial charge in [-0.3, -0.25) is 14.5 Å². The van der Waals surface area contributed by atoms with Crippen LogP contribution in [0, 0.1) is 0 Å². The highest BCUT2D eigenvalue weighted by molar-refractivity contribution is 5.96. The Hall–Kier alpha value is -4.97.